The third kappa shape index (κ3) is 5.34. The van der Waals surface area contributed by atoms with Gasteiger partial charge < -0.3 is 10.5 Å². The van der Waals surface area contributed by atoms with Crippen molar-refractivity contribution in [3.8, 4) is 0 Å². The van der Waals surface area contributed by atoms with Crippen molar-refractivity contribution in [1.82, 2.24) is 0 Å². The van der Waals surface area contributed by atoms with E-state index in [0.717, 1.165) is 12.1 Å². The van der Waals surface area contributed by atoms with Crippen molar-refractivity contribution < 1.29 is 27.1 Å². The van der Waals surface area contributed by atoms with Crippen molar-refractivity contribution in [3.05, 3.63) is 35.1 Å². The number of carbonyl (C=O) groups excluding carboxylic acids is 1. The summed E-state index contributed by atoms with van der Waals surface area (Å²) in [5, 5.41) is 0. The SMILES string of the molecule is CCOC(=O)C[C@@H](N)c1cc(F)cc(C(F)(F)F)c1.Cl. The topological polar surface area (TPSA) is 52.3 Å². The Labute approximate surface area is 119 Å². The Bertz CT molecular complexity index is 465. The predicted molar refractivity (Wildman–Crippen MR) is 66.8 cm³/mol. The molecule has 1 aromatic rings. The lowest BCUT2D eigenvalue weighted by atomic mass is 10.0. The smallest absolute Gasteiger partial charge is 0.416 e. The molecule has 0 aliphatic carbocycles. The fourth-order valence-corrected chi connectivity index (χ4v) is 1.51. The number of rotatable bonds is 4. The second-order valence-corrected chi connectivity index (χ2v) is 3.89. The molecule has 2 N–H and O–H groups in total. The Kier molecular flexibility index (Phi) is 6.95. The van der Waals surface area contributed by atoms with Gasteiger partial charge in [-0.05, 0) is 30.7 Å². The quantitative estimate of drug-likeness (QED) is 0.685. The van der Waals surface area contributed by atoms with E-state index in [0.29, 0.717) is 6.07 Å². The minimum Gasteiger partial charge on any atom is -0.466 e. The van der Waals surface area contributed by atoms with Gasteiger partial charge in [0.25, 0.3) is 0 Å². The molecule has 1 atom stereocenters. The van der Waals surface area contributed by atoms with Gasteiger partial charge >= 0.3 is 12.1 Å². The number of hydrogen-bond acceptors (Lipinski definition) is 3. The molecular formula is C12H14ClF4NO2. The summed E-state index contributed by atoms with van der Waals surface area (Å²) >= 11 is 0. The molecule has 0 aliphatic heterocycles. The fourth-order valence-electron chi connectivity index (χ4n) is 1.51. The number of hydrogen-bond donors (Lipinski definition) is 1. The number of halogens is 5. The highest BCUT2D eigenvalue weighted by Crippen LogP contribution is 2.31. The molecule has 0 fully saturated rings. The van der Waals surface area contributed by atoms with E-state index < -0.39 is 29.6 Å². The van der Waals surface area contributed by atoms with Gasteiger partial charge in [0.2, 0.25) is 0 Å². The van der Waals surface area contributed by atoms with Crippen LogP contribution in [0.25, 0.3) is 0 Å². The highest BCUT2D eigenvalue weighted by Gasteiger charge is 2.32. The Balaban J connectivity index is 0.00000361. The van der Waals surface area contributed by atoms with E-state index in [4.69, 9.17) is 5.73 Å². The minimum absolute atomic E-state index is 0. The first kappa shape index (κ1) is 18.7. The Morgan fingerprint density at radius 1 is 1.35 bits per heavy atom. The highest BCUT2D eigenvalue weighted by molar-refractivity contribution is 5.85. The molecule has 8 heteroatoms. The molecule has 0 aromatic heterocycles. The lowest BCUT2D eigenvalue weighted by molar-refractivity contribution is -0.143. The average Bonchev–Trinajstić information content (AvgIpc) is 2.27. The number of ether oxygens (including phenoxy) is 1. The number of nitrogens with two attached hydrogens (primary N) is 1. The molecule has 1 aromatic carbocycles. The van der Waals surface area contributed by atoms with Crippen molar-refractivity contribution in [1.29, 1.82) is 0 Å². The molecule has 0 amide bonds. The van der Waals surface area contributed by atoms with Crippen molar-refractivity contribution >= 4 is 18.4 Å². The van der Waals surface area contributed by atoms with Crippen LogP contribution in [0.1, 0.15) is 30.5 Å². The van der Waals surface area contributed by atoms with Crippen molar-refractivity contribution in [2.24, 2.45) is 5.73 Å². The third-order valence-corrected chi connectivity index (χ3v) is 2.37. The van der Waals surface area contributed by atoms with Crippen LogP contribution in [0.2, 0.25) is 0 Å². The van der Waals surface area contributed by atoms with Crippen LogP contribution in [-0.4, -0.2) is 12.6 Å². The Hall–Kier alpha value is -1.34. The second kappa shape index (κ2) is 7.44. The van der Waals surface area contributed by atoms with E-state index in [1.807, 2.05) is 0 Å². The predicted octanol–water partition coefficient (Wildman–Crippen LogP) is 3.22. The molecule has 0 radical (unpaired) electrons. The van der Waals surface area contributed by atoms with Gasteiger partial charge in [0, 0.05) is 6.04 Å². The first-order valence-corrected chi connectivity index (χ1v) is 5.53. The van der Waals surface area contributed by atoms with E-state index in [1.165, 1.54) is 0 Å². The maximum atomic E-state index is 13.1. The summed E-state index contributed by atoms with van der Waals surface area (Å²) in [5.74, 6) is -1.70. The Morgan fingerprint density at radius 3 is 2.45 bits per heavy atom. The molecule has 0 aliphatic rings. The third-order valence-electron chi connectivity index (χ3n) is 2.37. The van der Waals surface area contributed by atoms with Crippen molar-refractivity contribution in [2.75, 3.05) is 6.61 Å². The summed E-state index contributed by atoms with van der Waals surface area (Å²) in [4.78, 5) is 11.2. The van der Waals surface area contributed by atoms with Crippen molar-refractivity contribution in [3.63, 3.8) is 0 Å². The van der Waals surface area contributed by atoms with Gasteiger partial charge in [-0.2, -0.15) is 13.2 Å². The summed E-state index contributed by atoms with van der Waals surface area (Å²) in [6, 6.07) is 0.933. The molecule has 0 saturated carbocycles. The maximum absolute atomic E-state index is 13.1. The van der Waals surface area contributed by atoms with Gasteiger partial charge in [-0.25, -0.2) is 4.39 Å². The minimum atomic E-state index is -4.67. The molecule has 1 rings (SSSR count). The van der Waals surface area contributed by atoms with E-state index in [2.05, 4.69) is 4.74 Å². The Morgan fingerprint density at radius 2 is 1.95 bits per heavy atom. The first-order chi connectivity index (χ1) is 8.74. The maximum Gasteiger partial charge on any atom is 0.416 e. The summed E-state index contributed by atoms with van der Waals surface area (Å²) < 4.78 is 55.2. The molecule has 20 heavy (non-hydrogen) atoms. The van der Waals surface area contributed by atoms with Crippen LogP contribution in [0.3, 0.4) is 0 Å². The lowest BCUT2D eigenvalue weighted by Gasteiger charge is -2.14. The van der Waals surface area contributed by atoms with Crippen LogP contribution >= 0.6 is 12.4 Å². The van der Waals surface area contributed by atoms with Crippen LogP contribution < -0.4 is 5.73 Å². The van der Waals surface area contributed by atoms with Crippen molar-refractivity contribution in [2.45, 2.75) is 25.6 Å². The van der Waals surface area contributed by atoms with Gasteiger partial charge in [0.15, 0.2) is 0 Å². The summed E-state index contributed by atoms with van der Waals surface area (Å²) in [6.45, 7) is 1.73. The lowest BCUT2D eigenvalue weighted by Crippen LogP contribution is -2.18. The highest BCUT2D eigenvalue weighted by atomic mass is 35.5. The fraction of sp³-hybridized carbons (Fsp3) is 0.417. The zero-order valence-corrected chi connectivity index (χ0v) is 11.4. The average molecular weight is 316 g/mol. The molecular weight excluding hydrogens is 302 g/mol. The number of benzene rings is 1. The van der Waals surface area contributed by atoms with Gasteiger partial charge in [0.1, 0.15) is 5.82 Å². The van der Waals surface area contributed by atoms with Crippen LogP contribution in [0.4, 0.5) is 17.6 Å². The first-order valence-electron chi connectivity index (χ1n) is 5.53. The standard InChI is InChI=1S/C12H13F4NO2.ClH/c1-2-19-11(18)6-10(17)7-3-8(12(14,15)16)5-9(13)4-7;/h3-5,10H,2,6,17H2,1H3;1H/t10-;/m1./s1. The molecule has 0 bridgehead atoms. The van der Waals surface area contributed by atoms with E-state index in [-0.39, 0.29) is 31.0 Å². The van der Waals surface area contributed by atoms with Crippen LogP contribution in [0, 0.1) is 5.82 Å². The summed E-state index contributed by atoms with van der Waals surface area (Å²) in [7, 11) is 0. The molecule has 0 saturated heterocycles. The molecule has 114 valence electrons. The van der Waals surface area contributed by atoms with E-state index in [1.54, 1.807) is 6.92 Å². The van der Waals surface area contributed by atoms with Gasteiger partial charge in [-0.1, -0.05) is 0 Å². The van der Waals surface area contributed by atoms with Crippen LogP contribution in [0.15, 0.2) is 18.2 Å². The molecule has 3 nitrogen and oxygen atoms in total. The van der Waals surface area contributed by atoms with Crippen LogP contribution in [0.5, 0.6) is 0 Å². The van der Waals surface area contributed by atoms with Gasteiger partial charge in [0.05, 0.1) is 18.6 Å². The normalized spacial score (nSPS) is 12.5. The molecule has 0 spiro atoms. The number of carbonyl (C=O) groups is 1. The number of esters is 1. The number of alkyl halides is 3. The summed E-state index contributed by atoms with van der Waals surface area (Å²) in [6.07, 6.45) is -4.98. The van der Waals surface area contributed by atoms with Gasteiger partial charge in [-0.3, -0.25) is 4.79 Å². The van der Waals surface area contributed by atoms with E-state index >= 15 is 0 Å². The summed E-state index contributed by atoms with van der Waals surface area (Å²) in [5.41, 5.74) is 4.34. The van der Waals surface area contributed by atoms with E-state index in [9.17, 15) is 22.4 Å². The zero-order chi connectivity index (χ0) is 14.6. The largest absolute Gasteiger partial charge is 0.466 e. The van der Waals surface area contributed by atoms with Crippen LogP contribution in [-0.2, 0) is 15.7 Å². The zero-order valence-electron chi connectivity index (χ0n) is 10.5. The van der Waals surface area contributed by atoms with Gasteiger partial charge in [-0.15, -0.1) is 12.4 Å². The monoisotopic (exact) mass is 315 g/mol. The second-order valence-electron chi connectivity index (χ2n) is 3.89. The molecule has 0 heterocycles. The molecule has 0 unspecified atom stereocenters.